The average molecular weight is 462 g/mol. The van der Waals surface area contributed by atoms with E-state index in [1.54, 1.807) is 29.0 Å². The first-order valence-electron chi connectivity index (χ1n) is 10.3. The zero-order chi connectivity index (χ0) is 23.8. The number of hydrogen-bond donors (Lipinski definition) is 1. The average Bonchev–Trinajstić information content (AvgIpc) is 3.34. The highest BCUT2D eigenvalue weighted by Gasteiger charge is 2.17. The first-order valence-corrected chi connectivity index (χ1v) is 11.1. The molecule has 2 heterocycles. The highest BCUT2D eigenvalue weighted by Crippen LogP contribution is 2.31. The zero-order valence-corrected chi connectivity index (χ0v) is 19.5. The third-order valence-electron chi connectivity index (χ3n) is 5.04. The van der Waals surface area contributed by atoms with Crippen molar-refractivity contribution >= 4 is 45.0 Å². The molecule has 0 aliphatic heterocycles. The van der Waals surface area contributed by atoms with Crippen molar-refractivity contribution in [3.63, 3.8) is 0 Å². The lowest BCUT2D eigenvalue weighted by Crippen LogP contribution is -2.12. The van der Waals surface area contributed by atoms with E-state index < -0.39 is 4.92 Å². The largest absolute Gasteiger partial charge is 0.307 e. The number of nitrogens with one attached hydrogen (secondary N) is 1. The van der Waals surface area contributed by atoms with Gasteiger partial charge in [0.25, 0.3) is 5.69 Å². The highest BCUT2D eigenvalue weighted by molar-refractivity contribution is 7.20. The Bertz CT molecular complexity index is 1380. The molecule has 0 unspecified atom stereocenters. The van der Waals surface area contributed by atoms with E-state index in [9.17, 15) is 14.9 Å². The summed E-state index contributed by atoms with van der Waals surface area (Å²) in [6, 6.07) is 14.0. The molecule has 4 aromatic rings. The van der Waals surface area contributed by atoms with E-state index in [2.05, 4.69) is 43.3 Å². The molecule has 2 aromatic carbocycles. The van der Waals surface area contributed by atoms with E-state index >= 15 is 0 Å². The number of thiazole rings is 1. The number of nitrogens with zero attached hydrogens (tertiary/aromatic N) is 4. The summed E-state index contributed by atoms with van der Waals surface area (Å²) in [5.41, 5.74) is 3.58. The van der Waals surface area contributed by atoms with Gasteiger partial charge in [-0.25, -0.2) is 4.98 Å². The Balaban J connectivity index is 1.56. The number of amides is 1. The molecule has 1 N–H and O–H groups in total. The molecule has 0 spiro atoms. The van der Waals surface area contributed by atoms with Crippen LogP contribution in [0.25, 0.3) is 21.4 Å². The monoisotopic (exact) mass is 461 g/mol. The minimum Gasteiger partial charge on any atom is -0.307 e. The number of nitro groups is 1. The molecular weight excluding hydrogens is 438 g/mol. The molecule has 0 radical (unpaired) electrons. The second-order valence-electron chi connectivity index (χ2n) is 8.68. The van der Waals surface area contributed by atoms with Crippen molar-refractivity contribution in [2.45, 2.75) is 33.1 Å². The van der Waals surface area contributed by atoms with Crippen LogP contribution < -0.4 is 5.32 Å². The Hall–Kier alpha value is -3.85. The molecule has 33 heavy (non-hydrogen) atoms. The lowest BCUT2D eigenvalue weighted by molar-refractivity contribution is -0.384. The number of benzene rings is 2. The topological polar surface area (TPSA) is 103 Å². The van der Waals surface area contributed by atoms with Gasteiger partial charge >= 0.3 is 0 Å². The first-order chi connectivity index (χ1) is 15.6. The molecule has 0 aliphatic carbocycles. The Morgan fingerprint density at radius 3 is 2.55 bits per heavy atom. The summed E-state index contributed by atoms with van der Waals surface area (Å²) in [4.78, 5) is 27.5. The molecule has 2 aromatic heterocycles. The smallest absolute Gasteiger partial charge is 0.269 e. The minimum absolute atomic E-state index is 0.00133. The molecule has 168 valence electrons. The first kappa shape index (κ1) is 22.3. The summed E-state index contributed by atoms with van der Waals surface area (Å²) in [5, 5.41) is 18.8. The van der Waals surface area contributed by atoms with E-state index in [4.69, 9.17) is 4.98 Å². The third-order valence-corrected chi connectivity index (χ3v) is 6.03. The molecule has 9 heteroatoms. The number of rotatable bonds is 5. The molecule has 0 atom stereocenters. The van der Waals surface area contributed by atoms with Crippen LogP contribution in [0.1, 0.15) is 37.6 Å². The molecular formula is C24H23N5O3S. The van der Waals surface area contributed by atoms with Gasteiger partial charge in [-0.1, -0.05) is 38.2 Å². The molecule has 0 bridgehead atoms. The minimum atomic E-state index is -0.463. The van der Waals surface area contributed by atoms with Crippen LogP contribution in [0, 0.1) is 17.0 Å². The number of hydrogen-bond acceptors (Lipinski definition) is 6. The van der Waals surface area contributed by atoms with Crippen molar-refractivity contribution in [3.05, 3.63) is 81.5 Å². The number of fused-ring (bicyclic) bond motifs is 1. The van der Waals surface area contributed by atoms with E-state index in [0.717, 1.165) is 15.9 Å². The Kier molecular flexibility index (Phi) is 5.82. The predicted octanol–water partition coefficient (Wildman–Crippen LogP) is 5.65. The highest BCUT2D eigenvalue weighted by atomic mass is 32.1. The number of anilines is 1. The van der Waals surface area contributed by atoms with E-state index in [1.165, 1.54) is 35.1 Å². The van der Waals surface area contributed by atoms with Gasteiger partial charge in [0.2, 0.25) is 11.0 Å². The van der Waals surface area contributed by atoms with Crippen molar-refractivity contribution in [2.24, 2.45) is 0 Å². The van der Waals surface area contributed by atoms with E-state index in [1.807, 2.05) is 13.0 Å². The fraction of sp³-hybridized carbons (Fsp3) is 0.208. The van der Waals surface area contributed by atoms with Crippen molar-refractivity contribution in [2.75, 3.05) is 5.32 Å². The van der Waals surface area contributed by atoms with Crippen LogP contribution in [0.5, 0.6) is 0 Å². The van der Waals surface area contributed by atoms with E-state index in [0.29, 0.717) is 16.5 Å². The lowest BCUT2D eigenvalue weighted by atomic mass is 9.87. The molecule has 0 fully saturated rings. The van der Waals surface area contributed by atoms with Crippen LogP contribution in [-0.4, -0.2) is 25.6 Å². The van der Waals surface area contributed by atoms with Gasteiger partial charge in [0.15, 0.2) is 0 Å². The Morgan fingerprint density at radius 2 is 1.88 bits per heavy atom. The van der Waals surface area contributed by atoms with Crippen LogP contribution in [0.2, 0.25) is 0 Å². The molecule has 1 amide bonds. The van der Waals surface area contributed by atoms with Gasteiger partial charge in [0.1, 0.15) is 5.82 Å². The van der Waals surface area contributed by atoms with Crippen LogP contribution in [0.3, 0.4) is 0 Å². The maximum absolute atomic E-state index is 12.5. The third kappa shape index (κ3) is 4.98. The SMILES string of the molecule is Cc1cc(NC(=O)/C=C\c2ccc([N+](=O)[O-])cc2)n(-c2nc3ccc(C(C)(C)C)cc3s2)n1. The summed E-state index contributed by atoms with van der Waals surface area (Å²) >= 11 is 1.51. The Morgan fingerprint density at radius 1 is 1.15 bits per heavy atom. The number of aromatic nitrogens is 3. The summed E-state index contributed by atoms with van der Waals surface area (Å²) in [6.45, 7) is 8.37. The fourth-order valence-corrected chi connectivity index (χ4v) is 4.22. The fourth-order valence-electron chi connectivity index (χ4n) is 3.25. The van der Waals surface area contributed by atoms with Crippen LogP contribution in [0.4, 0.5) is 11.5 Å². The number of carbonyl (C=O) groups is 1. The van der Waals surface area contributed by atoms with Crippen molar-refractivity contribution < 1.29 is 9.72 Å². The predicted molar refractivity (Wildman–Crippen MR) is 131 cm³/mol. The van der Waals surface area contributed by atoms with Crippen LogP contribution >= 0.6 is 11.3 Å². The van der Waals surface area contributed by atoms with Gasteiger partial charge in [0.05, 0.1) is 20.8 Å². The van der Waals surface area contributed by atoms with Gasteiger partial charge < -0.3 is 5.32 Å². The molecule has 0 saturated carbocycles. The Labute approximate surface area is 194 Å². The standard InChI is InChI=1S/C24H23N5O3S/c1-15-13-21(26-22(30)12-7-16-5-9-18(10-6-16)29(31)32)28(27-15)23-25-19-11-8-17(24(2,3)4)14-20(19)33-23/h5-14H,1-4H3,(H,26,30)/b12-7-. The van der Waals surface area contributed by atoms with Crippen molar-refractivity contribution in [1.29, 1.82) is 0 Å². The molecule has 4 rings (SSSR count). The van der Waals surface area contributed by atoms with Gasteiger partial charge in [-0.2, -0.15) is 9.78 Å². The molecule has 8 nitrogen and oxygen atoms in total. The maximum Gasteiger partial charge on any atom is 0.269 e. The lowest BCUT2D eigenvalue weighted by Gasteiger charge is -2.18. The number of nitro benzene ring substituents is 1. The van der Waals surface area contributed by atoms with E-state index in [-0.39, 0.29) is 17.0 Å². The molecule has 0 saturated heterocycles. The summed E-state index contributed by atoms with van der Waals surface area (Å²) in [6.07, 6.45) is 2.97. The zero-order valence-electron chi connectivity index (χ0n) is 18.7. The normalized spacial score (nSPS) is 11.9. The summed E-state index contributed by atoms with van der Waals surface area (Å²) < 4.78 is 2.69. The van der Waals surface area contributed by atoms with Gasteiger partial charge in [-0.05, 0) is 53.8 Å². The van der Waals surface area contributed by atoms with Gasteiger partial charge in [-0.15, -0.1) is 0 Å². The maximum atomic E-state index is 12.5. The van der Waals surface area contributed by atoms with Gasteiger partial charge in [-0.3, -0.25) is 14.9 Å². The van der Waals surface area contributed by atoms with Crippen LogP contribution in [0.15, 0.2) is 54.6 Å². The van der Waals surface area contributed by atoms with Gasteiger partial charge in [0, 0.05) is 24.3 Å². The quantitative estimate of drug-likeness (QED) is 0.235. The van der Waals surface area contributed by atoms with Crippen LogP contribution in [-0.2, 0) is 10.2 Å². The number of carbonyl (C=O) groups excluding carboxylic acids is 1. The number of non-ortho nitro benzene ring substituents is 1. The second kappa shape index (κ2) is 8.59. The second-order valence-corrected chi connectivity index (χ2v) is 9.69. The van der Waals surface area contributed by atoms with Crippen molar-refractivity contribution in [1.82, 2.24) is 14.8 Å². The summed E-state index contributed by atoms with van der Waals surface area (Å²) in [7, 11) is 0. The van der Waals surface area contributed by atoms with Crippen molar-refractivity contribution in [3.8, 4) is 5.13 Å². The molecule has 0 aliphatic rings. The number of aryl methyl sites for hydroxylation is 1. The summed E-state index contributed by atoms with van der Waals surface area (Å²) in [5.74, 6) is 0.173.